The third kappa shape index (κ3) is 5.71. The van der Waals surface area contributed by atoms with Gasteiger partial charge in [0.05, 0.1) is 0 Å². The third-order valence-corrected chi connectivity index (χ3v) is 0.885. The number of carboxylic acids is 1. The summed E-state index contributed by atoms with van der Waals surface area (Å²) in [5.41, 5.74) is 0. The highest BCUT2D eigenvalue weighted by Gasteiger charge is 2.35. The molecule has 0 atom stereocenters. The van der Waals surface area contributed by atoms with E-state index in [1.807, 2.05) is 5.32 Å². The number of aliphatic carboxylic acids is 1. The second-order valence-corrected chi connectivity index (χ2v) is 1.97. The maximum absolute atomic E-state index is 11.5. The first-order chi connectivity index (χ1) is 5.84. The van der Waals surface area contributed by atoms with E-state index >= 15 is 0 Å². The summed E-state index contributed by atoms with van der Waals surface area (Å²) in [5.74, 6) is -3.27. The van der Waals surface area contributed by atoms with E-state index in [2.05, 4.69) is 0 Å². The van der Waals surface area contributed by atoms with Crippen molar-refractivity contribution in [2.45, 2.75) is 6.18 Å². The van der Waals surface area contributed by atoms with Crippen molar-refractivity contribution >= 4 is 11.8 Å². The number of rotatable bonds is 4. The number of hydrogen-bond donors (Lipinski definition) is 2. The predicted octanol–water partition coefficient (Wildman–Crippen LogP) is 0.306. The van der Waals surface area contributed by atoms with Gasteiger partial charge < -0.3 is 10.4 Å². The number of nitrogens with one attached hydrogen (secondary N) is 1. The van der Waals surface area contributed by atoms with Gasteiger partial charge in [0.15, 0.2) is 0 Å². The van der Waals surface area contributed by atoms with E-state index in [1.54, 1.807) is 0 Å². The Morgan fingerprint density at radius 1 is 1.38 bits per heavy atom. The average Bonchev–Trinajstić information content (AvgIpc) is 1.95. The fourth-order valence-electron chi connectivity index (χ4n) is 0.375. The number of allylic oxidation sites excluding steroid dienone is 1. The van der Waals surface area contributed by atoms with Gasteiger partial charge in [0, 0.05) is 12.3 Å². The summed E-state index contributed by atoms with van der Waals surface area (Å²) in [6.45, 7) is -0.540. The van der Waals surface area contributed by atoms with Crippen molar-refractivity contribution in [1.29, 1.82) is 0 Å². The molecule has 0 aromatic rings. The van der Waals surface area contributed by atoms with Crippen molar-refractivity contribution in [2.75, 3.05) is 6.54 Å². The van der Waals surface area contributed by atoms with Gasteiger partial charge in [-0.05, 0) is 0 Å². The SMILES string of the molecule is O=C(O)CNC=CC(=O)C(F)(F)F. The molecule has 0 bridgehead atoms. The molecule has 4 nitrogen and oxygen atoms in total. The minimum atomic E-state index is -4.92. The van der Waals surface area contributed by atoms with E-state index in [0.29, 0.717) is 6.20 Å². The van der Waals surface area contributed by atoms with Crippen molar-refractivity contribution < 1.29 is 27.9 Å². The van der Waals surface area contributed by atoms with E-state index in [4.69, 9.17) is 5.11 Å². The summed E-state index contributed by atoms with van der Waals surface area (Å²) in [4.78, 5) is 19.9. The van der Waals surface area contributed by atoms with Crippen LogP contribution in [0.2, 0.25) is 0 Å². The van der Waals surface area contributed by atoms with Crippen LogP contribution in [0.1, 0.15) is 0 Å². The number of carboxylic acid groups (broad SMARTS) is 1. The second-order valence-electron chi connectivity index (χ2n) is 1.97. The summed E-state index contributed by atoms with van der Waals surface area (Å²) in [7, 11) is 0. The summed E-state index contributed by atoms with van der Waals surface area (Å²) in [5, 5.41) is 10.0. The third-order valence-electron chi connectivity index (χ3n) is 0.885. The summed E-state index contributed by atoms with van der Waals surface area (Å²) in [6.07, 6.45) is -4.05. The maximum Gasteiger partial charge on any atom is 0.454 e. The van der Waals surface area contributed by atoms with E-state index in [0.717, 1.165) is 0 Å². The highest BCUT2D eigenvalue weighted by molar-refractivity contribution is 5.94. The van der Waals surface area contributed by atoms with Crippen LogP contribution in [0.15, 0.2) is 12.3 Å². The molecule has 0 unspecified atom stereocenters. The summed E-state index contributed by atoms with van der Waals surface area (Å²) >= 11 is 0. The quantitative estimate of drug-likeness (QED) is 0.636. The Balaban J connectivity index is 3.86. The Morgan fingerprint density at radius 2 is 1.92 bits per heavy atom. The minimum absolute atomic E-state index is 0.225. The molecule has 0 rings (SSSR count). The molecule has 0 aliphatic rings. The highest BCUT2D eigenvalue weighted by atomic mass is 19.4. The van der Waals surface area contributed by atoms with Crippen LogP contribution in [0.3, 0.4) is 0 Å². The molecule has 0 aromatic carbocycles. The van der Waals surface area contributed by atoms with E-state index < -0.39 is 24.5 Å². The number of alkyl halides is 3. The van der Waals surface area contributed by atoms with Crippen molar-refractivity contribution in [1.82, 2.24) is 5.32 Å². The van der Waals surface area contributed by atoms with Crippen molar-refractivity contribution in [3.8, 4) is 0 Å². The Bertz CT molecular complexity index is 234. The lowest BCUT2D eigenvalue weighted by molar-refractivity contribution is -0.165. The molecule has 0 spiro atoms. The smallest absolute Gasteiger partial charge is 0.454 e. The van der Waals surface area contributed by atoms with E-state index in [-0.39, 0.29) is 6.08 Å². The van der Waals surface area contributed by atoms with Crippen LogP contribution in [0.25, 0.3) is 0 Å². The first-order valence-corrected chi connectivity index (χ1v) is 3.07. The van der Waals surface area contributed by atoms with Gasteiger partial charge in [-0.25, -0.2) is 0 Å². The van der Waals surface area contributed by atoms with Crippen LogP contribution in [-0.4, -0.2) is 29.6 Å². The normalized spacial score (nSPS) is 11.6. The number of carbonyl (C=O) groups is 2. The number of halogens is 3. The van der Waals surface area contributed by atoms with Crippen LogP contribution < -0.4 is 5.32 Å². The van der Waals surface area contributed by atoms with Crippen LogP contribution in [0.4, 0.5) is 13.2 Å². The molecule has 0 aromatic heterocycles. The first-order valence-electron chi connectivity index (χ1n) is 3.07. The molecule has 0 heterocycles. The monoisotopic (exact) mass is 197 g/mol. The predicted molar refractivity (Wildman–Crippen MR) is 35.8 cm³/mol. The zero-order valence-electron chi connectivity index (χ0n) is 6.26. The Hall–Kier alpha value is -1.53. The fraction of sp³-hybridized carbons (Fsp3) is 0.333. The fourth-order valence-corrected chi connectivity index (χ4v) is 0.375. The Labute approximate surface area is 71.0 Å². The largest absolute Gasteiger partial charge is 0.480 e. The molecule has 74 valence electrons. The first kappa shape index (κ1) is 11.5. The van der Waals surface area contributed by atoms with Crippen LogP contribution in [0, 0.1) is 0 Å². The molecular weight excluding hydrogens is 191 g/mol. The topological polar surface area (TPSA) is 66.4 Å². The van der Waals surface area contributed by atoms with Gasteiger partial charge in [-0.15, -0.1) is 0 Å². The Kier molecular flexibility index (Phi) is 3.96. The second kappa shape index (κ2) is 4.48. The molecule has 0 amide bonds. The molecule has 0 saturated carbocycles. The molecule has 13 heavy (non-hydrogen) atoms. The van der Waals surface area contributed by atoms with Gasteiger partial charge in [-0.2, -0.15) is 13.2 Å². The summed E-state index contributed by atoms with van der Waals surface area (Å²) in [6, 6.07) is 0. The lowest BCUT2D eigenvalue weighted by Gasteiger charge is -1.99. The number of carbonyl (C=O) groups excluding carboxylic acids is 1. The molecule has 7 heteroatoms. The molecule has 0 aliphatic heterocycles. The Morgan fingerprint density at radius 3 is 2.31 bits per heavy atom. The van der Waals surface area contributed by atoms with Crippen molar-refractivity contribution in [2.24, 2.45) is 0 Å². The maximum atomic E-state index is 11.5. The standard InChI is InChI=1S/C6H6F3NO3/c7-6(8,9)4(11)1-2-10-3-5(12)13/h1-2,10H,3H2,(H,12,13). The van der Waals surface area contributed by atoms with Gasteiger partial charge in [0.2, 0.25) is 0 Å². The minimum Gasteiger partial charge on any atom is -0.480 e. The zero-order valence-corrected chi connectivity index (χ0v) is 6.26. The molecule has 0 saturated heterocycles. The lowest BCUT2D eigenvalue weighted by Crippen LogP contribution is -2.22. The molecule has 2 N–H and O–H groups in total. The van der Waals surface area contributed by atoms with E-state index in [9.17, 15) is 22.8 Å². The van der Waals surface area contributed by atoms with Gasteiger partial charge in [-0.1, -0.05) is 0 Å². The van der Waals surface area contributed by atoms with Gasteiger partial charge in [0.1, 0.15) is 6.54 Å². The van der Waals surface area contributed by atoms with Crippen LogP contribution >= 0.6 is 0 Å². The molecule has 0 aliphatic carbocycles. The van der Waals surface area contributed by atoms with Crippen molar-refractivity contribution in [3.63, 3.8) is 0 Å². The van der Waals surface area contributed by atoms with Crippen LogP contribution in [0.5, 0.6) is 0 Å². The molecule has 0 radical (unpaired) electrons. The number of ketones is 1. The zero-order chi connectivity index (χ0) is 10.5. The molecular formula is C6H6F3NO3. The summed E-state index contributed by atoms with van der Waals surface area (Å²) < 4.78 is 34.5. The lowest BCUT2D eigenvalue weighted by atomic mass is 10.4. The van der Waals surface area contributed by atoms with Gasteiger partial charge in [-0.3, -0.25) is 9.59 Å². The molecule has 0 fully saturated rings. The van der Waals surface area contributed by atoms with Gasteiger partial charge in [0.25, 0.3) is 5.78 Å². The average molecular weight is 197 g/mol. The van der Waals surface area contributed by atoms with Gasteiger partial charge >= 0.3 is 12.1 Å². The highest BCUT2D eigenvalue weighted by Crippen LogP contribution is 2.15. The van der Waals surface area contributed by atoms with Crippen molar-refractivity contribution in [3.05, 3.63) is 12.3 Å². The number of hydrogen-bond acceptors (Lipinski definition) is 3. The van der Waals surface area contributed by atoms with E-state index in [1.165, 1.54) is 0 Å². The van der Waals surface area contributed by atoms with Crippen LogP contribution in [-0.2, 0) is 9.59 Å².